The summed E-state index contributed by atoms with van der Waals surface area (Å²) in [6, 6.07) is 10.6. The third-order valence-electron chi connectivity index (χ3n) is 4.30. The molecule has 3 N–H and O–H groups in total. The maximum Gasteiger partial charge on any atom is 0.234 e. The number of nitrogens with one attached hydrogen (secondary N) is 1. The Morgan fingerprint density at radius 1 is 1.38 bits per heavy atom. The molecule has 1 aromatic carbocycles. The van der Waals surface area contributed by atoms with Crippen molar-refractivity contribution in [1.29, 1.82) is 0 Å². The molecule has 1 aliphatic heterocycles. The van der Waals surface area contributed by atoms with Crippen LogP contribution in [0.4, 0.5) is 0 Å². The summed E-state index contributed by atoms with van der Waals surface area (Å²) in [7, 11) is 0. The lowest BCUT2D eigenvalue weighted by molar-refractivity contribution is -0.123. The highest BCUT2D eigenvalue weighted by molar-refractivity contribution is 5.78. The van der Waals surface area contributed by atoms with Crippen molar-refractivity contribution in [3.8, 4) is 0 Å². The zero-order chi connectivity index (χ0) is 15.1. The van der Waals surface area contributed by atoms with Crippen LogP contribution in [0.3, 0.4) is 0 Å². The number of benzene rings is 1. The molecular formula is C17H27N3O. The van der Waals surface area contributed by atoms with Gasteiger partial charge in [0, 0.05) is 19.1 Å². The first-order valence-corrected chi connectivity index (χ1v) is 7.93. The standard InChI is InChI=1S/C17H27N3O/c1-14-8-10-20(16(11-14)12-18)13-17(21)19-9-7-15-5-3-2-4-6-15/h2-6,14,16H,7-13,18H2,1H3,(H,19,21). The van der Waals surface area contributed by atoms with Crippen molar-refractivity contribution < 1.29 is 4.79 Å². The van der Waals surface area contributed by atoms with Gasteiger partial charge in [0.05, 0.1) is 6.54 Å². The third kappa shape index (κ3) is 5.14. The van der Waals surface area contributed by atoms with Crippen LogP contribution in [0, 0.1) is 5.92 Å². The second-order valence-corrected chi connectivity index (χ2v) is 6.08. The van der Waals surface area contributed by atoms with E-state index in [4.69, 9.17) is 5.73 Å². The maximum absolute atomic E-state index is 12.1. The number of piperidine rings is 1. The van der Waals surface area contributed by atoms with Crippen LogP contribution >= 0.6 is 0 Å². The molecule has 0 bridgehead atoms. The number of amides is 1. The number of hydrogen-bond donors (Lipinski definition) is 2. The van der Waals surface area contributed by atoms with Gasteiger partial charge < -0.3 is 11.1 Å². The minimum Gasteiger partial charge on any atom is -0.355 e. The van der Waals surface area contributed by atoms with Gasteiger partial charge in [0.2, 0.25) is 5.91 Å². The fourth-order valence-electron chi connectivity index (χ4n) is 2.98. The van der Waals surface area contributed by atoms with Crippen molar-refractivity contribution >= 4 is 5.91 Å². The molecule has 1 heterocycles. The Morgan fingerprint density at radius 3 is 2.86 bits per heavy atom. The molecule has 1 aliphatic rings. The zero-order valence-electron chi connectivity index (χ0n) is 12.9. The van der Waals surface area contributed by atoms with Crippen LogP contribution in [0.1, 0.15) is 25.3 Å². The Hall–Kier alpha value is -1.39. The largest absolute Gasteiger partial charge is 0.355 e. The summed E-state index contributed by atoms with van der Waals surface area (Å²) in [6.45, 7) is 5.06. The van der Waals surface area contributed by atoms with Crippen LogP contribution in [0.15, 0.2) is 30.3 Å². The predicted octanol–water partition coefficient (Wildman–Crippen LogP) is 1.40. The molecule has 2 atom stereocenters. The lowest BCUT2D eigenvalue weighted by atomic mass is 9.92. The number of carbonyl (C=O) groups is 1. The summed E-state index contributed by atoms with van der Waals surface area (Å²) >= 11 is 0. The molecule has 0 radical (unpaired) electrons. The molecule has 2 rings (SSSR count). The molecule has 116 valence electrons. The highest BCUT2D eigenvalue weighted by Gasteiger charge is 2.26. The quantitative estimate of drug-likeness (QED) is 0.832. The summed E-state index contributed by atoms with van der Waals surface area (Å²) in [5.74, 6) is 0.829. The van der Waals surface area contributed by atoms with E-state index in [0.29, 0.717) is 25.7 Å². The van der Waals surface area contributed by atoms with Crippen LogP contribution in [-0.2, 0) is 11.2 Å². The van der Waals surface area contributed by atoms with Crippen molar-refractivity contribution in [2.24, 2.45) is 11.7 Å². The van der Waals surface area contributed by atoms with Gasteiger partial charge in [-0.25, -0.2) is 0 Å². The smallest absolute Gasteiger partial charge is 0.234 e. The van der Waals surface area contributed by atoms with Crippen molar-refractivity contribution in [1.82, 2.24) is 10.2 Å². The second kappa shape index (κ2) is 8.15. The number of nitrogens with zero attached hydrogens (tertiary/aromatic N) is 1. The van der Waals surface area contributed by atoms with Gasteiger partial charge in [0.1, 0.15) is 0 Å². The molecule has 0 saturated carbocycles. The van der Waals surface area contributed by atoms with E-state index in [1.807, 2.05) is 18.2 Å². The monoisotopic (exact) mass is 289 g/mol. The van der Waals surface area contributed by atoms with Crippen molar-refractivity contribution in [2.75, 3.05) is 26.2 Å². The van der Waals surface area contributed by atoms with Gasteiger partial charge in [-0.05, 0) is 37.3 Å². The van der Waals surface area contributed by atoms with Crippen LogP contribution in [0.2, 0.25) is 0 Å². The summed E-state index contributed by atoms with van der Waals surface area (Å²) < 4.78 is 0. The molecule has 1 amide bonds. The van der Waals surface area contributed by atoms with Gasteiger partial charge in [-0.3, -0.25) is 9.69 Å². The average molecular weight is 289 g/mol. The number of nitrogens with two attached hydrogens (primary N) is 1. The zero-order valence-corrected chi connectivity index (χ0v) is 12.9. The average Bonchev–Trinajstić information content (AvgIpc) is 2.50. The second-order valence-electron chi connectivity index (χ2n) is 6.08. The van der Waals surface area contributed by atoms with E-state index >= 15 is 0 Å². The van der Waals surface area contributed by atoms with Crippen molar-refractivity contribution in [3.05, 3.63) is 35.9 Å². The molecule has 1 saturated heterocycles. The summed E-state index contributed by atoms with van der Waals surface area (Å²) in [5.41, 5.74) is 7.09. The van der Waals surface area contributed by atoms with E-state index in [9.17, 15) is 4.79 Å². The number of likely N-dealkylation sites (tertiary alicyclic amines) is 1. The SMILES string of the molecule is CC1CCN(CC(=O)NCCc2ccccc2)C(CN)C1. The molecule has 0 spiro atoms. The first-order valence-electron chi connectivity index (χ1n) is 7.93. The normalized spacial score (nSPS) is 23.0. The highest BCUT2D eigenvalue weighted by Crippen LogP contribution is 2.21. The Balaban J connectivity index is 1.71. The first kappa shape index (κ1) is 16.0. The van der Waals surface area contributed by atoms with Crippen LogP contribution in [-0.4, -0.2) is 43.0 Å². The first-order chi connectivity index (χ1) is 10.2. The molecule has 2 unspecified atom stereocenters. The molecule has 4 heteroatoms. The Kier molecular flexibility index (Phi) is 6.21. The van der Waals surface area contributed by atoms with E-state index in [0.717, 1.165) is 31.7 Å². The molecule has 21 heavy (non-hydrogen) atoms. The molecular weight excluding hydrogens is 262 g/mol. The summed E-state index contributed by atoms with van der Waals surface area (Å²) in [5, 5.41) is 3.01. The summed E-state index contributed by atoms with van der Waals surface area (Å²) in [4.78, 5) is 14.3. The fraction of sp³-hybridized carbons (Fsp3) is 0.588. The number of rotatable bonds is 6. The highest BCUT2D eigenvalue weighted by atomic mass is 16.2. The van der Waals surface area contributed by atoms with Crippen LogP contribution < -0.4 is 11.1 Å². The molecule has 1 fully saturated rings. The minimum atomic E-state index is 0.110. The topological polar surface area (TPSA) is 58.4 Å². The van der Waals surface area contributed by atoms with E-state index < -0.39 is 0 Å². The van der Waals surface area contributed by atoms with Crippen LogP contribution in [0.25, 0.3) is 0 Å². The molecule has 0 aliphatic carbocycles. The maximum atomic E-state index is 12.1. The molecule has 0 aromatic heterocycles. The van der Waals surface area contributed by atoms with Gasteiger partial charge in [0.25, 0.3) is 0 Å². The van der Waals surface area contributed by atoms with E-state index in [1.165, 1.54) is 5.56 Å². The van der Waals surface area contributed by atoms with Gasteiger partial charge in [-0.1, -0.05) is 37.3 Å². The van der Waals surface area contributed by atoms with E-state index in [1.54, 1.807) is 0 Å². The summed E-state index contributed by atoms with van der Waals surface area (Å²) in [6.07, 6.45) is 3.14. The van der Waals surface area contributed by atoms with Gasteiger partial charge in [-0.2, -0.15) is 0 Å². The third-order valence-corrected chi connectivity index (χ3v) is 4.30. The lowest BCUT2D eigenvalue weighted by Gasteiger charge is -2.37. The van der Waals surface area contributed by atoms with Gasteiger partial charge in [0.15, 0.2) is 0 Å². The van der Waals surface area contributed by atoms with Gasteiger partial charge in [-0.15, -0.1) is 0 Å². The Bertz CT molecular complexity index is 435. The lowest BCUT2D eigenvalue weighted by Crippen LogP contribution is -2.50. The Morgan fingerprint density at radius 2 is 2.14 bits per heavy atom. The molecule has 4 nitrogen and oxygen atoms in total. The number of carbonyl (C=O) groups excluding carboxylic acids is 1. The van der Waals surface area contributed by atoms with Gasteiger partial charge >= 0.3 is 0 Å². The van der Waals surface area contributed by atoms with Crippen LogP contribution in [0.5, 0.6) is 0 Å². The predicted molar refractivity (Wildman–Crippen MR) is 86.0 cm³/mol. The van der Waals surface area contributed by atoms with Crippen molar-refractivity contribution in [3.63, 3.8) is 0 Å². The van der Waals surface area contributed by atoms with E-state index in [2.05, 4.69) is 29.3 Å². The van der Waals surface area contributed by atoms with Crippen molar-refractivity contribution in [2.45, 2.75) is 32.2 Å². The Labute approximate surface area is 127 Å². The number of hydrogen-bond acceptors (Lipinski definition) is 3. The molecule has 1 aromatic rings. The minimum absolute atomic E-state index is 0.110. The fourth-order valence-corrected chi connectivity index (χ4v) is 2.98. The van der Waals surface area contributed by atoms with E-state index in [-0.39, 0.29) is 5.91 Å².